The molecule has 0 bridgehead atoms. The summed E-state index contributed by atoms with van der Waals surface area (Å²) in [4.78, 5) is 10.8. The molecule has 1 fully saturated rings. The highest BCUT2D eigenvalue weighted by atomic mass is 16.5. The highest BCUT2D eigenvalue weighted by Crippen LogP contribution is 2.17. The monoisotopic (exact) mass is 199 g/mol. The molecule has 1 aliphatic heterocycles. The summed E-state index contributed by atoms with van der Waals surface area (Å²) in [5.41, 5.74) is 1.31. The molecule has 4 heteroatoms. The molecule has 1 rings (SSSR count). The highest BCUT2D eigenvalue weighted by Gasteiger charge is 2.20. The summed E-state index contributed by atoms with van der Waals surface area (Å²) >= 11 is 0. The van der Waals surface area contributed by atoms with Crippen molar-refractivity contribution in [1.29, 1.82) is 0 Å². The average Bonchev–Trinajstić information content (AvgIpc) is 2.20. The molecule has 1 saturated heterocycles. The van der Waals surface area contributed by atoms with Crippen LogP contribution < -0.4 is 5.32 Å². The Hall–Kier alpha value is -0.870. The largest absolute Gasteiger partial charge is 0.478 e. The molecule has 0 aromatic heterocycles. The highest BCUT2D eigenvalue weighted by molar-refractivity contribution is 5.87. The molecule has 0 aromatic rings. The van der Waals surface area contributed by atoms with Gasteiger partial charge in [-0.2, -0.15) is 0 Å². The lowest BCUT2D eigenvalue weighted by Gasteiger charge is -2.26. The lowest BCUT2D eigenvalue weighted by molar-refractivity contribution is -0.132. The molecule has 0 spiro atoms. The van der Waals surface area contributed by atoms with Crippen LogP contribution in [0.15, 0.2) is 11.1 Å². The van der Waals surface area contributed by atoms with Crippen molar-refractivity contribution in [2.45, 2.75) is 26.4 Å². The van der Waals surface area contributed by atoms with Crippen LogP contribution in [0.2, 0.25) is 0 Å². The maximum atomic E-state index is 10.8. The fourth-order valence-corrected chi connectivity index (χ4v) is 1.66. The third-order valence-corrected chi connectivity index (χ3v) is 2.50. The molecule has 0 aliphatic carbocycles. The van der Waals surface area contributed by atoms with Gasteiger partial charge in [-0.3, -0.25) is 0 Å². The second-order valence-corrected chi connectivity index (χ2v) is 3.37. The SMILES string of the molecule is CC/C(=C(/C)C(=O)O)C1CNCCO1. The number of carbonyl (C=O) groups is 1. The zero-order valence-electron chi connectivity index (χ0n) is 8.67. The molecular formula is C10H17NO3. The third-order valence-electron chi connectivity index (χ3n) is 2.50. The van der Waals surface area contributed by atoms with Crippen LogP contribution in [0.25, 0.3) is 0 Å². The van der Waals surface area contributed by atoms with E-state index in [2.05, 4.69) is 5.32 Å². The second kappa shape index (κ2) is 5.12. The predicted molar refractivity (Wildman–Crippen MR) is 53.2 cm³/mol. The van der Waals surface area contributed by atoms with Crippen molar-refractivity contribution in [3.8, 4) is 0 Å². The fraction of sp³-hybridized carbons (Fsp3) is 0.700. The molecule has 4 nitrogen and oxygen atoms in total. The van der Waals surface area contributed by atoms with Gasteiger partial charge < -0.3 is 15.2 Å². The zero-order valence-corrected chi connectivity index (χ0v) is 8.67. The second-order valence-electron chi connectivity index (χ2n) is 3.37. The fourth-order valence-electron chi connectivity index (χ4n) is 1.66. The van der Waals surface area contributed by atoms with Crippen molar-refractivity contribution in [3.05, 3.63) is 11.1 Å². The van der Waals surface area contributed by atoms with Crippen molar-refractivity contribution in [2.24, 2.45) is 0 Å². The minimum absolute atomic E-state index is 0.0650. The number of aliphatic carboxylic acids is 1. The van der Waals surface area contributed by atoms with E-state index in [0.29, 0.717) is 18.7 Å². The van der Waals surface area contributed by atoms with Gasteiger partial charge in [0.1, 0.15) is 0 Å². The number of morpholine rings is 1. The summed E-state index contributed by atoms with van der Waals surface area (Å²) in [6.45, 7) is 5.81. The summed E-state index contributed by atoms with van der Waals surface area (Å²) in [5, 5.41) is 12.1. The van der Waals surface area contributed by atoms with Crippen LogP contribution in [0.5, 0.6) is 0 Å². The van der Waals surface area contributed by atoms with E-state index in [-0.39, 0.29) is 6.10 Å². The van der Waals surface area contributed by atoms with Crippen molar-refractivity contribution >= 4 is 5.97 Å². The molecule has 1 unspecified atom stereocenters. The number of hydrogen-bond donors (Lipinski definition) is 2. The van der Waals surface area contributed by atoms with Gasteiger partial charge in [0.15, 0.2) is 0 Å². The molecular weight excluding hydrogens is 182 g/mol. The molecule has 0 amide bonds. The lowest BCUT2D eigenvalue weighted by atomic mass is 10.0. The summed E-state index contributed by atoms with van der Waals surface area (Å²) in [5.74, 6) is -0.851. The average molecular weight is 199 g/mol. The lowest BCUT2D eigenvalue weighted by Crippen LogP contribution is -2.40. The van der Waals surface area contributed by atoms with Crippen LogP contribution in [0, 0.1) is 0 Å². The standard InChI is InChI=1S/C10H17NO3/c1-3-8(7(2)10(12)13)9-6-11-4-5-14-9/h9,11H,3-6H2,1-2H3,(H,12,13)/b8-7+. The Morgan fingerprint density at radius 1 is 1.64 bits per heavy atom. The number of rotatable bonds is 3. The van der Waals surface area contributed by atoms with Crippen molar-refractivity contribution in [2.75, 3.05) is 19.7 Å². The first-order chi connectivity index (χ1) is 6.66. The molecule has 0 aromatic carbocycles. The van der Waals surface area contributed by atoms with Gasteiger partial charge in [-0.05, 0) is 18.9 Å². The smallest absolute Gasteiger partial charge is 0.331 e. The molecule has 0 saturated carbocycles. The van der Waals surface area contributed by atoms with E-state index in [9.17, 15) is 4.79 Å². The van der Waals surface area contributed by atoms with Crippen LogP contribution in [0.4, 0.5) is 0 Å². The van der Waals surface area contributed by atoms with Crippen molar-refractivity contribution < 1.29 is 14.6 Å². The van der Waals surface area contributed by atoms with Crippen LogP contribution in [-0.4, -0.2) is 36.9 Å². The Morgan fingerprint density at radius 2 is 2.36 bits per heavy atom. The molecule has 0 radical (unpaired) electrons. The van der Waals surface area contributed by atoms with Gasteiger partial charge in [-0.1, -0.05) is 6.92 Å². The van der Waals surface area contributed by atoms with Crippen molar-refractivity contribution in [3.63, 3.8) is 0 Å². The molecule has 1 atom stereocenters. The minimum atomic E-state index is -0.851. The first-order valence-electron chi connectivity index (χ1n) is 4.92. The van der Waals surface area contributed by atoms with E-state index in [4.69, 9.17) is 9.84 Å². The van der Waals surface area contributed by atoms with Gasteiger partial charge in [-0.25, -0.2) is 4.79 Å². The van der Waals surface area contributed by atoms with Crippen LogP contribution in [0.3, 0.4) is 0 Å². The number of nitrogens with one attached hydrogen (secondary N) is 1. The maximum absolute atomic E-state index is 10.8. The van der Waals surface area contributed by atoms with Crippen molar-refractivity contribution in [1.82, 2.24) is 5.32 Å². The Balaban J connectivity index is 2.78. The summed E-state index contributed by atoms with van der Waals surface area (Å²) < 4.78 is 5.52. The first kappa shape index (κ1) is 11.2. The molecule has 80 valence electrons. The normalized spacial score (nSPS) is 24.3. The van der Waals surface area contributed by atoms with Crippen LogP contribution >= 0.6 is 0 Å². The Labute approximate surface area is 83.9 Å². The van der Waals surface area contributed by atoms with E-state index >= 15 is 0 Å². The van der Waals surface area contributed by atoms with Gasteiger partial charge >= 0.3 is 5.97 Å². The Morgan fingerprint density at radius 3 is 2.79 bits per heavy atom. The minimum Gasteiger partial charge on any atom is -0.478 e. The zero-order chi connectivity index (χ0) is 10.6. The molecule has 2 N–H and O–H groups in total. The van der Waals surface area contributed by atoms with E-state index in [1.165, 1.54) is 0 Å². The topological polar surface area (TPSA) is 58.6 Å². The van der Waals surface area contributed by atoms with Crippen LogP contribution in [-0.2, 0) is 9.53 Å². The summed E-state index contributed by atoms with van der Waals surface area (Å²) in [6.07, 6.45) is 0.662. The molecule has 1 aliphatic rings. The number of carboxylic acid groups (broad SMARTS) is 1. The van der Waals surface area contributed by atoms with Gasteiger partial charge in [-0.15, -0.1) is 0 Å². The van der Waals surface area contributed by atoms with Crippen LogP contribution in [0.1, 0.15) is 20.3 Å². The molecule has 1 heterocycles. The number of carboxylic acids is 1. The summed E-state index contributed by atoms with van der Waals surface area (Å²) in [7, 11) is 0. The van der Waals surface area contributed by atoms with Gasteiger partial charge in [0.05, 0.1) is 12.7 Å². The number of hydrogen-bond acceptors (Lipinski definition) is 3. The summed E-state index contributed by atoms with van der Waals surface area (Å²) in [6, 6.07) is 0. The van der Waals surface area contributed by atoms with Gasteiger partial charge in [0.2, 0.25) is 0 Å². The third kappa shape index (κ3) is 2.56. The predicted octanol–water partition coefficient (Wildman–Crippen LogP) is 0.786. The number of ether oxygens (including phenoxy) is 1. The van der Waals surface area contributed by atoms with E-state index in [0.717, 1.165) is 18.5 Å². The van der Waals surface area contributed by atoms with Gasteiger partial charge in [0, 0.05) is 18.7 Å². The van der Waals surface area contributed by atoms with Gasteiger partial charge in [0.25, 0.3) is 0 Å². The maximum Gasteiger partial charge on any atom is 0.331 e. The Kier molecular flexibility index (Phi) is 4.10. The van der Waals surface area contributed by atoms with E-state index in [1.54, 1.807) is 6.92 Å². The Bertz CT molecular complexity index is 242. The van der Waals surface area contributed by atoms with E-state index < -0.39 is 5.97 Å². The quantitative estimate of drug-likeness (QED) is 0.660. The molecule has 14 heavy (non-hydrogen) atoms. The first-order valence-corrected chi connectivity index (χ1v) is 4.92. The van der Waals surface area contributed by atoms with E-state index in [1.807, 2.05) is 6.92 Å².